The lowest BCUT2D eigenvalue weighted by Crippen LogP contribution is -2.42. The molecule has 0 aliphatic rings. The summed E-state index contributed by atoms with van der Waals surface area (Å²) >= 11 is 7.60. The van der Waals surface area contributed by atoms with Crippen molar-refractivity contribution in [2.24, 2.45) is 0 Å². The minimum atomic E-state index is -4.23. The fourth-order valence-electron chi connectivity index (χ4n) is 4.03. The highest BCUT2D eigenvalue weighted by Gasteiger charge is 2.26. The fraction of sp³-hybridized carbons (Fsp3) is 0.0769. The first-order valence-electron chi connectivity index (χ1n) is 11.2. The Morgan fingerprint density at radius 2 is 1.82 bits per heavy atom. The highest BCUT2D eigenvalue weighted by molar-refractivity contribution is 7.93. The maximum absolute atomic E-state index is 13.3. The van der Waals surface area contributed by atoms with Gasteiger partial charge in [-0.2, -0.15) is 0 Å². The molecule has 2 heterocycles. The molecule has 38 heavy (non-hydrogen) atoms. The van der Waals surface area contributed by atoms with Crippen molar-refractivity contribution in [3.8, 4) is 0 Å². The van der Waals surface area contributed by atoms with Gasteiger partial charge in [0.15, 0.2) is 0 Å². The fourth-order valence-corrected chi connectivity index (χ4v) is 6.41. The number of para-hydroxylation sites is 1. The van der Waals surface area contributed by atoms with E-state index in [0.717, 1.165) is 15.6 Å². The van der Waals surface area contributed by atoms with Crippen LogP contribution in [-0.2, 0) is 21.2 Å². The average Bonchev–Trinajstić information content (AvgIpc) is 3.30. The number of thiophene rings is 1. The zero-order chi connectivity index (χ0) is 26.9. The van der Waals surface area contributed by atoms with Crippen LogP contribution in [0.2, 0.25) is 5.02 Å². The van der Waals surface area contributed by atoms with Crippen molar-refractivity contribution in [1.82, 2.24) is 15.3 Å². The number of nitrogens with one attached hydrogen (secondary N) is 2. The summed E-state index contributed by atoms with van der Waals surface area (Å²) in [6.45, 7) is 0. The number of halogens is 1. The summed E-state index contributed by atoms with van der Waals surface area (Å²) in [6, 6.07) is 14.9. The molecule has 0 spiro atoms. The molecule has 3 aromatic carbocycles. The van der Waals surface area contributed by atoms with Gasteiger partial charge in [0.25, 0.3) is 15.9 Å². The van der Waals surface area contributed by atoms with E-state index in [1.165, 1.54) is 54.1 Å². The van der Waals surface area contributed by atoms with Crippen LogP contribution < -0.4 is 10.0 Å². The second kappa shape index (κ2) is 10.4. The maximum Gasteiger partial charge on any atom is 0.326 e. The van der Waals surface area contributed by atoms with Gasteiger partial charge < -0.3 is 10.4 Å². The van der Waals surface area contributed by atoms with E-state index in [2.05, 4.69) is 20.0 Å². The lowest BCUT2D eigenvalue weighted by molar-refractivity contribution is -0.139. The van der Waals surface area contributed by atoms with Crippen LogP contribution in [-0.4, -0.2) is 41.4 Å². The van der Waals surface area contributed by atoms with Gasteiger partial charge in [-0.25, -0.2) is 13.2 Å². The number of carbonyl (C=O) groups excluding carboxylic acids is 1. The van der Waals surface area contributed by atoms with Gasteiger partial charge in [0.05, 0.1) is 16.8 Å². The van der Waals surface area contributed by atoms with Gasteiger partial charge in [-0.15, -0.1) is 11.3 Å². The number of amides is 1. The SMILES string of the molecule is O=C(NC(Cc1csc2ccccc12)C(=O)O)c1ccc(Cl)cc1NS(=O)(=O)c1cccc2nccnc12. The van der Waals surface area contributed by atoms with Gasteiger partial charge in [-0.05, 0) is 52.7 Å². The van der Waals surface area contributed by atoms with Crippen LogP contribution >= 0.6 is 22.9 Å². The average molecular weight is 567 g/mol. The molecule has 2 aromatic heterocycles. The smallest absolute Gasteiger partial charge is 0.326 e. The third-order valence-corrected chi connectivity index (χ3v) is 8.45. The first-order valence-corrected chi connectivity index (χ1v) is 14.0. The Balaban J connectivity index is 1.44. The Labute approximate surface area is 226 Å². The molecular weight excluding hydrogens is 548 g/mol. The van der Waals surface area contributed by atoms with E-state index in [0.29, 0.717) is 5.52 Å². The normalized spacial score (nSPS) is 12.3. The van der Waals surface area contributed by atoms with E-state index in [1.54, 1.807) is 6.07 Å². The summed E-state index contributed by atoms with van der Waals surface area (Å²) in [4.78, 5) is 33.4. The van der Waals surface area contributed by atoms with Crippen molar-refractivity contribution in [2.45, 2.75) is 17.4 Å². The second-order valence-electron chi connectivity index (χ2n) is 8.30. The molecule has 0 saturated carbocycles. The summed E-state index contributed by atoms with van der Waals surface area (Å²) < 4.78 is 30.1. The molecule has 0 aliphatic heterocycles. The molecule has 5 rings (SSSR count). The molecule has 192 valence electrons. The summed E-state index contributed by atoms with van der Waals surface area (Å²) in [5, 5.41) is 15.3. The van der Waals surface area contributed by atoms with E-state index in [9.17, 15) is 23.1 Å². The highest BCUT2D eigenvalue weighted by atomic mass is 35.5. The van der Waals surface area contributed by atoms with E-state index >= 15 is 0 Å². The van der Waals surface area contributed by atoms with Crippen molar-refractivity contribution in [1.29, 1.82) is 0 Å². The van der Waals surface area contributed by atoms with E-state index in [-0.39, 0.29) is 33.1 Å². The standard InChI is InChI=1S/C26H19ClN4O5S2/c27-16-8-9-18(20(13-16)31-38(35,36)23-7-3-5-19-24(23)29-11-10-28-19)25(32)30-21(26(33)34)12-15-14-37-22-6-2-1-4-17(15)22/h1-11,13-14,21,31H,12H2,(H,30,32)(H,33,34). The van der Waals surface area contributed by atoms with Crippen LogP contribution in [0.25, 0.3) is 21.1 Å². The number of aliphatic carboxylic acids is 1. The van der Waals surface area contributed by atoms with Crippen LogP contribution in [0.4, 0.5) is 5.69 Å². The third-order valence-electron chi connectivity index (χ3n) is 5.81. The van der Waals surface area contributed by atoms with Gasteiger partial charge >= 0.3 is 5.97 Å². The van der Waals surface area contributed by atoms with Crippen LogP contribution in [0.5, 0.6) is 0 Å². The second-order valence-corrected chi connectivity index (χ2v) is 11.3. The molecule has 1 unspecified atom stereocenters. The quantitative estimate of drug-likeness (QED) is 0.247. The number of fused-ring (bicyclic) bond motifs is 2. The molecule has 12 heteroatoms. The summed E-state index contributed by atoms with van der Waals surface area (Å²) in [5.41, 5.74) is 1.12. The Morgan fingerprint density at radius 3 is 2.63 bits per heavy atom. The molecule has 0 radical (unpaired) electrons. The predicted molar refractivity (Wildman–Crippen MR) is 146 cm³/mol. The molecule has 1 amide bonds. The number of hydrogen-bond acceptors (Lipinski definition) is 7. The number of benzene rings is 3. The number of carboxylic acid groups (broad SMARTS) is 1. The number of rotatable bonds is 8. The number of nitrogens with zero attached hydrogens (tertiary/aromatic N) is 2. The van der Waals surface area contributed by atoms with Crippen LogP contribution in [0.3, 0.4) is 0 Å². The molecule has 0 fully saturated rings. The van der Waals surface area contributed by atoms with E-state index < -0.39 is 27.9 Å². The summed E-state index contributed by atoms with van der Waals surface area (Å²) in [7, 11) is -4.23. The Bertz CT molecular complexity index is 1800. The van der Waals surface area contributed by atoms with Crippen molar-refractivity contribution in [2.75, 3.05) is 4.72 Å². The topological polar surface area (TPSA) is 138 Å². The molecule has 1 atom stereocenters. The van der Waals surface area contributed by atoms with Gasteiger partial charge in [-0.3, -0.25) is 19.5 Å². The monoisotopic (exact) mass is 566 g/mol. The molecular formula is C26H19ClN4O5S2. The number of carboxylic acids is 1. The number of aromatic nitrogens is 2. The van der Waals surface area contributed by atoms with E-state index in [4.69, 9.17) is 11.6 Å². The van der Waals surface area contributed by atoms with Crippen molar-refractivity contribution < 1.29 is 23.1 Å². The highest BCUT2D eigenvalue weighted by Crippen LogP contribution is 2.28. The van der Waals surface area contributed by atoms with Gasteiger partial charge in [0.1, 0.15) is 16.5 Å². The number of hydrogen-bond donors (Lipinski definition) is 3. The largest absolute Gasteiger partial charge is 0.480 e. The Hall–Kier alpha value is -4.06. The summed E-state index contributed by atoms with van der Waals surface area (Å²) in [6.07, 6.45) is 2.88. The first-order chi connectivity index (χ1) is 18.2. The minimum absolute atomic E-state index is 0.0500. The predicted octanol–water partition coefficient (Wildman–Crippen LogP) is 4.72. The van der Waals surface area contributed by atoms with Crippen LogP contribution in [0, 0.1) is 0 Å². The van der Waals surface area contributed by atoms with Crippen molar-refractivity contribution in [3.63, 3.8) is 0 Å². The van der Waals surface area contributed by atoms with Gasteiger partial charge in [0, 0.05) is 28.5 Å². The van der Waals surface area contributed by atoms with Gasteiger partial charge in [0.2, 0.25) is 0 Å². The molecule has 3 N–H and O–H groups in total. The molecule has 0 saturated heterocycles. The first kappa shape index (κ1) is 25.6. The Kier molecular flexibility index (Phi) is 6.98. The van der Waals surface area contributed by atoms with Crippen LogP contribution in [0.1, 0.15) is 15.9 Å². The lowest BCUT2D eigenvalue weighted by Gasteiger charge is -2.17. The Morgan fingerprint density at radius 1 is 1.03 bits per heavy atom. The third kappa shape index (κ3) is 5.17. The minimum Gasteiger partial charge on any atom is -0.480 e. The van der Waals surface area contributed by atoms with Crippen molar-refractivity contribution in [3.05, 3.63) is 94.6 Å². The summed E-state index contributed by atoms with van der Waals surface area (Å²) in [5.74, 6) is -2.00. The lowest BCUT2D eigenvalue weighted by atomic mass is 10.0. The molecule has 0 aliphatic carbocycles. The molecule has 9 nitrogen and oxygen atoms in total. The van der Waals surface area contributed by atoms with Crippen LogP contribution in [0.15, 0.2) is 83.3 Å². The number of anilines is 1. The number of sulfonamides is 1. The van der Waals surface area contributed by atoms with Crippen molar-refractivity contribution >= 4 is 71.6 Å². The zero-order valence-corrected chi connectivity index (χ0v) is 21.8. The zero-order valence-electron chi connectivity index (χ0n) is 19.5. The van der Waals surface area contributed by atoms with Gasteiger partial charge in [-0.1, -0.05) is 35.9 Å². The van der Waals surface area contributed by atoms with E-state index in [1.807, 2.05) is 29.6 Å². The molecule has 0 bridgehead atoms. The molecule has 5 aromatic rings. The number of carbonyl (C=O) groups is 2. The maximum atomic E-state index is 13.3.